The summed E-state index contributed by atoms with van der Waals surface area (Å²) >= 11 is 5.41. The third-order valence-corrected chi connectivity index (χ3v) is 1.55. The quantitative estimate of drug-likeness (QED) is 0.750. The average Bonchev–Trinajstić information content (AvgIpc) is 2.02. The highest BCUT2D eigenvalue weighted by atomic mass is 35.5. The molecule has 0 atom stereocenters. The SMILES string of the molecule is FC(F)(F)CCc1ccc(Cl)nn1. The first kappa shape index (κ1) is 10.2. The molecule has 0 saturated heterocycles. The zero-order valence-corrected chi connectivity index (χ0v) is 7.23. The molecule has 1 heterocycles. The maximum Gasteiger partial charge on any atom is 0.389 e. The van der Waals surface area contributed by atoms with E-state index in [-0.39, 0.29) is 11.6 Å². The molecule has 1 aromatic rings. The number of hydrogen-bond donors (Lipinski definition) is 0. The number of aryl methyl sites for hydroxylation is 1. The average molecular weight is 211 g/mol. The molecule has 0 radical (unpaired) electrons. The molecular weight excluding hydrogens is 205 g/mol. The molecule has 6 heteroatoms. The molecular formula is C7H6ClF3N2. The summed E-state index contributed by atoms with van der Waals surface area (Å²) in [7, 11) is 0. The maximum absolute atomic E-state index is 11.7. The van der Waals surface area contributed by atoms with Gasteiger partial charge in [-0.05, 0) is 12.1 Å². The van der Waals surface area contributed by atoms with E-state index in [1.54, 1.807) is 0 Å². The van der Waals surface area contributed by atoms with Crippen LogP contribution in [0, 0.1) is 0 Å². The highest BCUT2D eigenvalue weighted by molar-refractivity contribution is 6.29. The van der Waals surface area contributed by atoms with E-state index in [1.165, 1.54) is 12.1 Å². The van der Waals surface area contributed by atoms with E-state index in [4.69, 9.17) is 11.6 Å². The van der Waals surface area contributed by atoms with Gasteiger partial charge >= 0.3 is 6.18 Å². The second-order valence-electron chi connectivity index (χ2n) is 2.46. The van der Waals surface area contributed by atoms with Crippen molar-refractivity contribution in [2.45, 2.75) is 19.0 Å². The number of nitrogens with zero attached hydrogens (tertiary/aromatic N) is 2. The van der Waals surface area contributed by atoms with Gasteiger partial charge < -0.3 is 0 Å². The summed E-state index contributed by atoms with van der Waals surface area (Å²) in [4.78, 5) is 0. The van der Waals surface area contributed by atoms with E-state index in [2.05, 4.69) is 10.2 Å². The van der Waals surface area contributed by atoms with Crippen molar-refractivity contribution >= 4 is 11.6 Å². The van der Waals surface area contributed by atoms with Crippen molar-refractivity contribution in [1.82, 2.24) is 10.2 Å². The van der Waals surface area contributed by atoms with Gasteiger partial charge in [0.25, 0.3) is 0 Å². The Kier molecular flexibility index (Phi) is 3.08. The van der Waals surface area contributed by atoms with Crippen LogP contribution in [0.15, 0.2) is 12.1 Å². The van der Waals surface area contributed by atoms with Gasteiger partial charge in [-0.2, -0.15) is 18.3 Å². The molecule has 0 unspecified atom stereocenters. The van der Waals surface area contributed by atoms with Crippen molar-refractivity contribution in [2.75, 3.05) is 0 Å². The number of alkyl halides is 3. The van der Waals surface area contributed by atoms with Gasteiger partial charge in [0, 0.05) is 12.8 Å². The van der Waals surface area contributed by atoms with Crippen molar-refractivity contribution in [1.29, 1.82) is 0 Å². The van der Waals surface area contributed by atoms with Gasteiger partial charge in [-0.3, -0.25) is 0 Å². The van der Waals surface area contributed by atoms with E-state index in [0.717, 1.165) is 0 Å². The molecule has 0 aromatic carbocycles. The molecule has 0 bridgehead atoms. The molecule has 0 saturated carbocycles. The number of rotatable bonds is 2. The second-order valence-corrected chi connectivity index (χ2v) is 2.85. The van der Waals surface area contributed by atoms with E-state index < -0.39 is 12.6 Å². The van der Waals surface area contributed by atoms with Crippen LogP contribution in [-0.4, -0.2) is 16.4 Å². The minimum Gasteiger partial charge on any atom is -0.171 e. The lowest BCUT2D eigenvalue weighted by molar-refractivity contribution is -0.134. The summed E-state index contributed by atoms with van der Waals surface area (Å²) < 4.78 is 35.2. The first-order valence-electron chi connectivity index (χ1n) is 3.52. The molecule has 0 aliphatic carbocycles. The lowest BCUT2D eigenvalue weighted by Gasteiger charge is -2.04. The smallest absolute Gasteiger partial charge is 0.171 e. The molecule has 1 aromatic heterocycles. The van der Waals surface area contributed by atoms with E-state index >= 15 is 0 Å². The van der Waals surface area contributed by atoms with Gasteiger partial charge in [0.05, 0.1) is 5.69 Å². The van der Waals surface area contributed by atoms with Crippen LogP contribution < -0.4 is 0 Å². The van der Waals surface area contributed by atoms with Crippen LogP contribution in [0.3, 0.4) is 0 Å². The Morgan fingerprint density at radius 1 is 1.23 bits per heavy atom. The maximum atomic E-state index is 11.7. The first-order valence-corrected chi connectivity index (χ1v) is 3.90. The monoisotopic (exact) mass is 210 g/mol. The minimum atomic E-state index is -4.15. The van der Waals surface area contributed by atoms with Crippen molar-refractivity contribution in [3.63, 3.8) is 0 Å². The molecule has 2 nitrogen and oxygen atoms in total. The Morgan fingerprint density at radius 2 is 1.92 bits per heavy atom. The van der Waals surface area contributed by atoms with Gasteiger partial charge in [0.2, 0.25) is 0 Å². The third-order valence-electron chi connectivity index (χ3n) is 1.35. The number of halogens is 4. The molecule has 0 amide bonds. The molecule has 0 N–H and O–H groups in total. The van der Waals surface area contributed by atoms with E-state index in [9.17, 15) is 13.2 Å². The zero-order chi connectivity index (χ0) is 9.90. The third kappa shape index (κ3) is 4.07. The summed E-state index contributed by atoms with van der Waals surface area (Å²) in [5.74, 6) is 0. The lowest BCUT2D eigenvalue weighted by Crippen LogP contribution is -2.09. The standard InChI is InChI=1S/C7H6ClF3N2/c8-6-2-1-5(12-13-6)3-4-7(9,10)11/h1-2H,3-4H2. The van der Waals surface area contributed by atoms with Gasteiger partial charge in [-0.15, -0.1) is 5.10 Å². The Balaban J connectivity index is 2.51. The Hall–Kier alpha value is -0.840. The van der Waals surface area contributed by atoms with Crippen molar-refractivity contribution in [3.05, 3.63) is 23.0 Å². The molecule has 0 spiro atoms. The van der Waals surface area contributed by atoms with E-state index in [0.29, 0.717) is 5.69 Å². The largest absolute Gasteiger partial charge is 0.389 e. The second kappa shape index (κ2) is 3.91. The van der Waals surface area contributed by atoms with Crippen LogP contribution in [-0.2, 0) is 6.42 Å². The zero-order valence-electron chi connectivity index (χ0n) is 6.48. The molecule has 0 aliphatic rings. The van der Waals surface area contributed by atoms with Gasteiger partial charge in [0.15, 0.2) is 5.15 Å². The van der Waals surface area contributed by atoms with Crippen molar-refractivity contribution in [2.24, 2.45) is 0 Å². The Morgan fingerprint density at radius 3 is 2.38 bits per heavy atom. The number of aromatic nitrogens is 2. The van der Waals surface area contributed by atoms with Crippen LogP contribution in [0.1, 0.15) is 12.1 Å². The predicted molar refractivity (Wildman–Crippen MR) is 41.4 cm³/mol. The lowest BCUT2D eigenvalue weighted by atomic mass is 10.2. The minimum absolute atomic E-state index is 0.159. The fourth-order valence-corrected chi connectivity index (χ4v) is 0.848. The Bertz CT molecular complexity index is 270. The molecule has 13 heavy (non-hydrogen) atoms. The first-order chi connectivity index (χ1) is 5.97. The summed E-state index contributed by atoms with van der Waals surface area (Å²) in [5.41, 5.74) is 0.293. The summed E-state index contributed by atoms with van der Waals surface area (Å²) in [5, 5.41) is 7.10. The van der Waals surface area contributed by atoms with Crippen LogP contribution in [0.4, 0.5) is 13.2 Å². The molecule has 0 fully saturated rings. The fourth-order valence-electron chi connectivity index (χ4n) is 0.747. The summed E-state index contributed by atoms with van der Waals surface area (Å²) in [6.45, 7) is 0. The normalized spacial score (nSPS) is 11.7. The fraction of sp³-hybridized carbons (Fsp3) is 0.429. The summed E-state index contributed by atoms with van der Waals surface area (Å²) in [6.07, 6.45) is -5.20. The van der Waals surface area contributed by atoms with Crippen molar-refractivity contribution in [3.8, 4) is 0 Å². The van der Waals surface area contributed by atoms with Gasteiger partial charge in [-0.25, -0.2) is 0 Å². The van der Waals surface area contributed by atoms with E-state index in [1.807, 2.05) is 0 Å². The highest BCUT2D eigenvalue weighted by Gasteiger charge is 2.26. The predicted octanol–water partition coefficient (Wildman–Crippen LogP) is 2.62. The molecule has 0 aliphatic heterocycles. The van der Waals surface area contributed by atoms with Crippen LogP contribution >= 0.6 is 11.6 Å². The molecule has 72 valence electrons. The van der Waals surface area contributed by atoms with Gasteiger partial charge in [0.1, 0.15) is 0 Å². The van der Waals surface area contributed by atoms with Crippen molar-refractivity contribution < 1.29 is 13.2 Å². The summed E-state index contributed by atoms with van der Waals surface area (Å²) in [6, 6.07) is 2.85. The van der Waals surface area contributed by atoms with Crippen LogP contribution in [0.5, 0.6) is 0 Å². The highest BCUT2D eigenvalue weighted by Crippen LogP contribution is 2.21. The van der Waals surface area contributed by atoms with Crippen LogP contribution in [0.2, 0.25) is 5.15 Å². The van der Waals surface area contributed by atoms with Gasteiger partial charge in [-0.1, -0.05) is 11.6 Å². The Labute approximate surface area is 77.7 Å². The topological polar surface area (TPSA) is 25.8 Å². The molecule has 1 rings (SSSR count). The van der Waals surface area contributed by atoms with Crippen LogP contribution in [0.25, 0.3) is 0 Å². The number of hydrogen-bond acceptors (Lipinski definition) is 2.